The predicted octanol–water partition coefficient (Wildman–Crippen LogP) is 3.50. The topological polar surface area (TPSA) is 17.1 Å². The Balaban J connectivity index is 2.02. The van der Waals surface area contributed by atoms with Gasteiger partial charge in [0.15, 0.2) is 5.78 Å². The standard InChI is InChI=1S/C17H14O/c18-16-10-15-13-6-2-1-4-11(13)8-9-12-5-3-7-14(16)17(12)15/h1-7,15H,8-10H2. The first kappa shape index (κ1) is 10.1. The molecule has 2 aromatic rings. The number of aryl methyl sites for hydroxylation is 2. The average Bonchev–Trinajstić information content (AvgIpc) is 2.65. The molecule has 1 nitrogen and oxygen atoms in total. The summed E-state index contributed by atoms with van der Waals surface area (Å²) >= 11 is 0. The Labute approximate surface area is 106 Å². The van der Waals surface area contributed by atoms with Gasteiger partial charge in [0.2, 0.25) is 0 Å². The van der Waals surface area contributed by atoms with Gasteiger partial charge in [0.05, 0.1) is 0 Å². The number of rotatable bonds is 0. The van der Waals surface area contributed by atoms with E-state index in [1.165, 1.54) is 22.3 Å². The van der Waals surface area contributed by atoms with Gasteiger partial charge in [-0.1, -0.05) is 42.5 Å². The molecule has 4 rings (SSSR count). The van der Waals surface area contributed by atoms with E-state index in [0.29, 0.717) is 18.1 Å². The Kier molecular flexibility index (Phi) is 1.99. The third-order valence-corrected chi connectivity index (χ3v) is 4.33. The van der Waals surface area contributed by atoms with Crippen LogP contribution in [0.5, 0.6) is 0 Å². The molecule has 0 spiro atoms. The summed E-state index contributed by atoms with van der Waals surface area (Å²) in [6.45, 7) is 0. The van der Waals surface area contributed by atoms with E-state index >= 15 is 0 Å². The molecule has 2 aliphatic carbocycles. The Morgan fingerprint density at radius 1 is 0.889 bits per heavy atom. The lowest BCUT2D eigenvalue weighted by atomic mass is 9.90. The van der Waals surface area contributed by atoms with E-state index in [9.17, 15) is 4.79 Å². The molecule has 0 saturated heterocycles. The van der Waals surface area contributed by atoms with Gasteiger partial charge in [-0.3, -0.25) is 4.79 Å². The molecule has 1 unspecified atom stereocenters. The first-order chi connectivity index (χ1) is 8.84. The molecule has 0 N–H and O–H groups in total. The third kappa shape index (κ3) is 1.25. The lowest BCUT2D eigenvalue weighted by molar-refractivity contribution is 0.0991. The smallest absolute Gasteiger partial charge is 0.164 e. The van der Waals surface area contributed by atoms with Crippen LogP contribution in [0.1, 0.15) is 45.0 Å². The van der Waals surface area contributed by atoms with Crippen molar-refractivity contribution < 1.29 is 4.79 Å². The lowest BCUT2D eigenvalue weighted by Gasteiger charge is -2.13. The zero-order valence-corrected chi connectivity index (χ0v) is 10.1. The molecule has 0 bridgehead atoms. The van der Waals surface area contributed by atoms with Gasteiger partial charge in [-0.05, 0) is 35.1 Å². The highest BCUT2D eigenvalue weighted by atomic mass is 16.1. The number of carbonyl (C=O) groups excluding carboxylic acids is 1. The number of fused-ring (bicyclic) bond motifs is 2. The molecule has 0 fully saturated rings. The van der Waals surface area contributed by atoms with Crippen LogP contribution in [0.4, 0.5) is 0 Å². The van der Waals surface area contributed by atoms with Crippen molar-refractivity contribution in [1.82, 2.24) is 0 Å². The molecule has 2 aromatic carbocycles. The molecule has 0 radical (unpaired) electrons. The van der Waals surface area contributed by atoms with Crippen LogP contribution in [-0.2, 0) is 12.8 Å². The Morgan fingerprint density at radius 2 is 1.67 bits per heavy atom. The molecular formula is C17H14O. The van der Waals surface area contributed by atoms with Crippen LogP contribution in [-0.4, -0.2) is 5.78 Å². The summed E-state index contributed by atoms with van der Waals surface area (Å²) in [6, 6.07) is 14.8. The fourth-order valence-electron chi connectivity index (χ4n) is 3.52. The quantitative estimate of drug-likeness (QED) is 0.681. The first-order valence-electron chi connectivity index (χ1n) is 6.57. The number of hydrogen-bond donors (Lipinski definition) is 0. The zero-order chi connectivity index (χ0) is 12.1. The Morgan fingerprint density at radius 3 is 2.61 bits per heavy atom. The lowest BCUT2D eigenvalue weighted by Crippen LogP contribution is -1.99. The van der Waals surface area contributed by atoms with Crippen molar-refractivity contribution >= 4 is 5.78 Å². The van der Waals surface area contributed by atoms with E-state index < -0.39 is 0 Å². The summed E-state index contributed by atoms with van der Waals surface area (Å²) < 4.78 is 0. The van der Waals surface area contributed by atoms with Gasteiger partial charge in [0, 0.05) is 17.9 Å². The first-order valence-corrected chi connectivity index (χ1v) is 6.57. The Hall–Kier alpha value is -1.89. The van der Waals surface area contributed by atoms with Crippen LogP contribution in [0.15, 0.2) is 42.5 Å². The van der Waals surface area contributed by atoms with Gasteiger partial charge < -0.3 is 0 Å². The van der Waals surface area contributed by atoms with Crippen molar-refractivity contribution in [2.45, 2.75) is 25.2 Å². The van der Waals surface area contributed by atoms with Gasteiger partial charge in [0.1, 0.15) is 0 Å². The van der Waals surface area contributed by atoms with Crippen LogP contribution in [0.3, 0.4) is 0 Å². The summed E-state index contributed by atoms with van der Waals surface area (Å²) in [5.74, 6) is 0.621. The summed E-state index contributed by atoms with van der Waals surface area (Å²) in [7, 11) is 0. The molecule has 0 heterocycles. The van der Waals surface area contributed by atoms with E-state index in [2.05, 4.69) is 30.3 Å². The molecule has 1 heteroatoms. The van der Waals surface area contributed by atoms with Crippen molar-refractivity contribution in [2.24, 2.45) is 0 Å². The molecule has 0 aromatic heterocycles. The van der Waals surface area contributed by atoms with E-state index in [-0.39, 0.29) is 0 Å². The number of carbonyl (C=O) groups is 1. The van der Waals surface area contributed by atoms with Crippen LogP contribution in [0.25, 0.3) is 0 Å². The summed E-state index contributed by atoms with van der Waals surface area (Å²) in [6.07, 6.45) is 2.81. The highest BCUT2D eigenvalue weighted by Gasteiger charge is 2.34. The van der Waals surface area contributed by atoms with Gasteiger partial charge in [-0.2, -0.15) is 0 Å². The van der Waals surface area contributed by atoms with Crippen molar-refractivity contribution in [2.75, 3.05) is 0 Å². The summed E-state index contributed by atoms with van der Waals surface area (Å²) in [5, 5.41) is 0. The normalized spacial score (nSPS) is 20.2. The second-order valence-corrected chi connectivity index (χ2v) is 5.26. The van der Waals surface area contributed by atoms with Crippen molar-refractivity contribution in [3.63, 3.8) is 0 Å². The largest absolute Gasteiger partial charge is 0.294 e. The predicted molar refractivity (Wildman–Crippen MR) is 71.1 cm³/mol. The third-order valence-electron chi connectivity index (χ3n) is 4.33. The van der Waals surface area contributed by atoms with Gasteiger partial charge >= 0.3 is 0 Å². The van der Waals surface area contributed by atoms with Gasteiger partial charge in [-0.25, -0.2) is 0 Å². The number of Topliss-reactive ketones (excluding diaryl/α,β-unsaturated/α-hetero) is 1. The van der Waals surface area contributed by atoms with E-state index in [4.69, 9.17) is 0 Å². The SMILES string of the molecule is O=C1CC2c3ccccc3CCc3cccc1c32. The van der Waals surface area contributed by atoms with E-state index in [0.717, 1.165) is 18.4 Å². The van der Waals surface area contributed by atoms with Crippen molar-refractivity contribution in [1.29, 1.82) is 0 Å². The number of ketones is 1. The minimum Gasteiger partial charge on any atom is -0.294 e. The number of hydrogen-bond acceptors (Lipinski definition) is 1. The highest BCUT2D eigenvalue weighted by molar-refractivity contribution is 6.02. The van der Waals surface area contributed by atoms with Crippen LogP contribution >= 0.6 is 0 Å². The van der Waals surface area contributed by atoms with E-state index in [1.54, 1.807) is 0 Å². The monoisotopic (exact) mass is 234 g/mol. The molecule has 2 aliphatic rings. The Bertz CT molecular complexity index is 654. The molecular weight excluding hydrogens is 220 g/mol. The second-order valence-electron chi connectivity index (χ2n) is 5.26. The van der Waals surface area contributed by atoms with Crippen molar-refractivity contribution in [3.05, 3.63) is 70.3 Å². The average molecular weight is 234 g/mol. The highest BCUT2D eigenvalue weighted by Crippen LogP contribution is 2.43. The maximum absolute atomic E-state index is 12.1. The molecule has 18 heavy (non-hydrogen) atoms. The minimum atomic E-state index is 0.308. The van der Waals surface area contributed by atoms with Gasteiger partial charge in [0.25, 0.3) is 0 Å². The maximum atomic E-state index is 12.1. The molecule has 0 aliphatic heterocycles. The molecule has 0 saturated carbocycles. The summed E-state index contributed by atoms with van der Waals surface area (Å²) in [4.78, 5) is 12.1. The molecule has 0 amide bonds. The number of benzene rings is 2. The molecule has 88 valence electrons. The minimum absolute atomic E-state index is 0.308. The van der Waals surface area contributed by atoms with Gasteiger partial charge in [-0.15, -0.1) is 0 Å². The van der Waals surface area contributed by atoms with E-state index in [1.807, 2.05) is 12.1 Å². The fourth-order valence-corrected chi connectivity index (χ4v) is 3.52. The van der Waals surface area contributed by atoms with Crippen molar-refractivity contribution in [3.8, 4) is 0 Å². The van der Waals surface area contributed by atoms with Crippen LogP contribution in [0, 0.1) is 0 Å². The maximum Gasteiger partial charge on any atom is 0.164 e. The zero-order valence-electron chi connectivity index (χ0n) is 10.1. The summed E-state index contributed by atoms with van der Waals surface area (Å²) in [5.41, 5.74) is 6.44. The fraction of sp³-hybridized carbons (Fsp3) is 0.235. The van der Waals surface area contributed by atoms with Crippen LogP contribution < -0.4 is 0 Å². The molecule has 1 atom stereocenters. The second kappa shape index (κ2) is 3.55. The van der Waals surface area contributed by atoms with Crippen LogP contribution in [0.2, 0.25) is 0 Å².